The molecule has 5 heteroatoms. The van der Waals surface area contributed by atoms with Crippen molar-refractivity contribution in [3.63, 3.8) is 0 Å². The van der Waals surface area contributed by atoms with Gasteiger partial charge in [-0.05, 0) is 17.5 Å². The van der Waals surface area contributed by atoms with Gasteiger partial charge in [-0.25, -0.2) is 9.97 Å². The van der Waals surface area contributed by atoms with E-state index in [2.05, 4.69) is 57.9 Å². The Kier molecular flexibility index (Phi) is 4.35. The largest absolute Gasteiger partial charge is 0.479 e. The molecule has 0 unspecified atom stereocenters. The van der Waals surface area contributed by atoms with Crippen LogP contribution in [0.4, 0.5) is 0 Å². The fraction of sp³-hybridized carbons (Fsp3) is 0.190. The lowest BCUT2D eigenvalue weighted by Gasteiger charge is -2.09. The molecular weight excluding hydrogens is 324 g/mol. The van der Waals surface area contributed by atoms with E-state index in [0.717, 1.165) is 23.5 Å². The average molecular weight is 344 g/mol. The van der Waals surface area contributed by atoms with E-state index in [0.29, 0.717) is 17.9 Å². The maximum atomic E-state index is 5.39. The van der Waals surface area contributed by atoms with E-state index in [4.69, 9.17) is 9.72 Å². The second kappa shape index (κ2) is 6.96. The van der Waals surface area contributed by atoms with Gasteiger partial charge in [-0.1, -0.05) is 61.5 Å². The summed E-state index contributed by atoms with van der Waals surface area (Å²) in [5.74, 6) is 1.36. The van der Waals surface area contributed by atoms with Crippen molar-refractivity contribution in [2.75, 3.05) is 7.11 Å². The predicted molar refractivity (Wildman–Crippen MR) is 102 cm³/mol. The van der Waals surface area contributed by atoms with Gasteiger partial charge < -0.3 is 9.30 Å². The van der Waals surface area contributed by atoms with Crippen LogP contribution in [0.15, 0.2) is 60.9 Å². The third kappa shape index (κ3) is 2.92. The number of hydrogen-bond donors (Lipinski definition) is 0. The molecule has 26 heavy (non-hydrogen) atoms. The van der Waals surface area contributed by atoms with Gasteiger partial charge in [-0.2, -0.15) is 4.98 Å². The molecule has 4 aromatic rings. The van der Waals surface area contributed by atoms with Crippen LogP contribution in [0.2, 0.25) is 0 Å². The molecule has 0 aliphatic carbocycles. The number of imidazole rings is 1. The Labute approximate surface area is 152 Å². The minimum Gasteiger partial charge on any atom is -0.479 e. The van der Waals surface area contributed by atoms with Crippen molar-refractivity contribution in [1.82, 2.24) is 19.5 Å². The highest BCUT2D eigenvalue weighted by Crippen LogP contribution is 2.28. The topological polar surface area (TPSA) is 52.8 Å². The fourth-order valence-corrected chi connectivity index (χ4v) is 3.09. The Balaban J connectivity index is 1.90. The Bertz CT molecular complexity index is 1020. The maximum Gasteiger partial charge on any atom is 0.245 e. The number of nitrogens with zero attached hydrogens (tertiary/aromatic N) is 4. The summed E-state index contributed by atoms with van der Waals surface area (Å²) in [6, 6.07) is 18.8. The Morgan fingerprint density at radius 2 is 1.69 bits per heavy atom. The number of rotatable bonds is 5. The zero-order valence-electron chi connectivity index (χ0n) is 14.9. The van der Waals surface area contributed by atoms with Gasteiger partial charge in [0.05, 0.1) is 13.7 Å². The summed E-state index contributed by atoms with van der Waals surface area (Å²) >= 11 is 0. The summed E-state index contributed by atoms with van der Waals surface area (Å²) in [6.45, 7) is 2.84. The van der Waals surface area contributed by atoms with E-state index in [9.17, 15) is 0 Å². The number of methoxy groups -OCH3 is 1. The first-order chi connectivity index (χ1) is 12.8. The molecule has 0 aliphatic rings. The van der Waals surface area contributed by atoms with Crippen molar-refractivity contribution in [2.24, 2.45) is 0 Å². The molecule has 130 valence electrons. The molecule has 4 rings (SSSR count). The van der Waals surface area contributed by atoms with Crippen LogP contribution in [0.25, 0.3) is 22.6 Å². The van der Waals surface area contributed by atoms with Crippen molar-refractivity contribution >= 4 is 11.2 Å². The van der Waals surface area contributed by atoms with Gasteiger partial charge in [0.15, 0.2) is 11.2 Å². The van der Waals surface area contributed by atoms with Crippen molar-refractivity contribution in [3.8, 4) is 17.3 Å². The Morgan fingerprint density at radius 1 is 0.923 bits per heavy atom. The van der Waals surface area contributed by atoms with Crippen molar-refractivity contribution in [2.45, 2.75) is 19.9 Å². The van der Waals surface area contributed by atoms with Crippen LogP contribution in [-0.2, 0) is 13.0 Å². The molecule has 0 spiro atoms. The molecule has 0 atom stereocenters. The van der Waals surface area contributed by atoms with E-state index in [1.54, 1.807) is 7.11 Å². The molecule has 2 heterocycles. The van der Waals surface area contributed by atoms with Crippen molar-refractivity contribution in [1.29, 1.82) is 0 Å². The first kappa shape index (κ1) is 16.3. The molecule has 0 amide bonds. The monoisotopic (exact) mass is 344 g/mol. The van der Waals surface area contributed by atoms with Crippen LogP contribution in [0.5, 0.6) is 5.88 Å². The summed E-state index contributed by atoms with van der Waals surface area (Å²) in [5.41, 5.74) is 5.00. The van der Waals surface area contributed by atoms with Crippen LogP contribution in [-0.4, -0.2) is 26.6 Å². The number of aryl methyl sites for hydroxylation is 1. The molecule has 0 saturated heterocycles. The average Bonchev–Trinajstić information content (AvgIpc) is 3.07. The van der Waals surface area contributed by atoms with E-state index >= 15 is 0 Å². The molecule has 0 radical (unpaired) electrons. The smallest absolute Gasteiger partial charge is 0.245 e. The molecule has 2 aromatic carbocycles. The third-order valence-electron chi connectivity index (χ3n) is 4.50. The molecular formula is C21H20N4O. The summed E-state index contributed by atoms with van der Waals surface area (Å²) < 4.78 is 7.51. The minimum atomic E-state index is 0.494. The van der Waals surface area contributed by atoms with Gasteiger partial charge in [-0.15, -0.1) is 0 Å². The van der Waals surface area contributed by atoms with Crippen molar-refractivity contribution < 1.29 is 4.74 Å². The predicted octanol–water partition coefficient (Wildman–Crippen LogP) is 4.11. The van der Waals surface area contributed by atoms with Crippen LogP contribution in [0, 0.1) is 0 Å². The summed E-state index contributed by atoms with van der Waals surface area (Å²) in [7, 11) is 1.60. The molecule has 0 saturated carbocycles. The van der Waals surface area contributed by atoms with Gasteiger partial charge in [0, 0.05) is 5.56 Å². The molecule has 0 N–H and O–H groups in total. The van der Waals surface area contributed by atoms with E-state index in [1.807, 2.05) is 18.2 Å². The van der Waals surface area contributed by atoms with Gasteiger partial charge in [0.25, 0.3) is 0 Å². The van der Waals surface area contributed by atoms with Gasteiger partial charge >= 0.3 is 0 Å². The molecule has 0 bridgehead atoms. The minimum absolute atomic E-state index is 0.494. The van der Waals surface area contributed by atoms with Crippen LogP contribution < -0.4 is 4.74 Å². The highest BCUT2D eigenvalue weighted by Gasteiger charge is 2.18. The normalized spacial score (nSPS) is 11.0. The molecule has 2 aromatic heterocycles. The molecule has 0 aliphatic heterocycles. The van der Waals surface area contributed by atoms with Gasteiger partial charge in [0.2, 0.25) is 5.88 Å². The van der Waals surface area contributed by atoms with Crippen LogP contribution in [0.1, 0.15) is 18.1 Å². The fourth-order valence-electron chi connectivity index (χ4n) is 3.09. The summed E-state index contributed by atoms with van der Waals surface area (Å²) in [6.07, 6.45) is 2.54. The first-order valence-electron chi connectivity index (χ1n) is 8.68. The second-order valence-electron chi connectivity index (χ2n) is 6.11. The SMILES string of the molecule is CCc1ccc(-c2nc3c(OC)ncnc3n2Cc2ccccc2)cc1. The van der Waals surface area contributed by atoms with E-state index < -0.39 is 0 Å². The molecule has 5 nitrogen and oxygen atoms in total. The van der Waals surface area contributed by atoms with E-state index in [1.165, 1.54) is 17.5 Å². The molecule has 0 fully saturated rings. The van der Waals surface area contributed by atoms with Gasteiger partial charge in [0.1, 0.15) is 12.2 Å². The van der Waals surface area contributed by atoms with Crippen molar-refractivity contribution in [3.05, 3.63) is 72.1 Å². The highest BCUT2D eigenvalue weighted by molar-refractivity contribution is 5.81. The highest BCUT2D eigenvalue weighted by atomic mass is 16.5. The standard InChI is InChI=1S/C21H20N4O/c1-3-15-9-11-17(12-10-15)19-24-18-20(22-14-23-21(18)26-2)25(19)13-16-7-5-4-6-8-16/h4-12,14H,3,13H2,1-2H3. The summed E-state index contributed by atoms with van der Waals surface area (Å²) in [4.78, 5) is 13.5. The maximum absolute atomic E-state index is 5.39. The number of benzene rings is 2. The lowest BCUT2D eigenvalue weighted by molar-refractivity contribution is 0.401. The zero-order chi connectivity index (χ0) is 17.9. The third-order valence-corrected chi connectivity index (χ3v) is 4.50. The first-order valence-corrected chi connectivity index (χ1v) is 8.68. The van der Waals surface area contributed by atoms with Crippen LogP contribution >= 0.6 is 0 Å². The number of aromatic nitrogens is 4. The Morgan fingerprint density at radius 3 is 2.38 bits per heavy atom. The number of fused-ring (bicyclic) bond motifs is 1. The Hall–Kier alpha value is -3.21. The van der Waals surface area contributed by atoms with Crippen LogP contribution in [0.3, 0.4) is 0 Å². The van der Waals surface area contributed by atoms with Gasteiger partial charge in [-0.3, -0.25) is 0 Å². The lowest BCUT2D eigenvalue weighted by Crippen LogP contribution is -2.03. The van der Waals surface area contributed by atoms with E-state index in [-0.39, 0.29) is 0 Å². The zero-order valence-corrected chi connectivity index (χ0v) is 14.9. The second-order valence-corrected chi connectivity index (χ2v) is 6.11. The number of hydrogen-bond acceptors (Lipinski definition) is 4. The number of ether oxygens (including phenoxy) is 1. The lowest BCUT2D eigenvalue weighted by atomic mass is 10.1. The summed E-state index contributed by atoms with van der Waals surface area (Å²) in [5, 5.41) is 0. The quantitative estimate of drug-likeness (QED) is 0.547.